The number of aryl methyl sites for hydroxylation is 1. The summed E-state index contributed by atoms with van der Waals surface area (Å²) in [7, 11) is 0. The Morgan fingerprint density at radius 1 is 1.11 bits per heavy atom. The third kappa shape index (κ3) is 3.47. The molecule has 2 atom stereocenters. The van der Waals surface area contributed by atoms with Gasteiger partial charge in [0, 0.05) is 62.8 Å². The Hall–Kier alpha value is -2.51. The van der Waals surface area contributed by atoms with Crippen molar-refractivity contribution in [3.8, 4) is 0 Å². The fourth-order valence-electron chi connectivity index (χ4n) is 4.77. The average molecular weight is 378 g/mol. The van der Waals surface area contributed by atoms with Crippen LogP contribution in [0.3, 0.4) is 0 Å². The van der Waals surface area contributed by atoms with E-state index in [1.165, 1.54) is 17.4 Å². The van der Waals surface area contributed by atoms with Crippen LogP contribution in [0.5, 0.6) is 0 Å². The highest BCUT2D eigenvalue weighted by molar-refractivity contribution is 5.39. The van der Waals surface area contributed by atoms with E-state index in [4.69, 9.17) is 4.98 Å². The maximum Gasteiger partial charge on any atom is 0.272 e. The van der Waals surface area contributed by atoms with Gasteiger partial charge >= 0.3 is 0 Å². The lowest BCUT2D eigenvalue weighted by Crippen LogP contribution is -2.43. The molecule has 0 unspecified atom stereocenters. The van der Waals surface area contributed by atoms with Gasteiger partial charge in [-0.05, 0) is 37.8 Å². The lowest BCUT2D eigenvalue weighted by molar-refractivity contribution is 0.121. The summed E-state index contributed by atoms with van der Waals surface area (Å²) in [4.78, 5) is 26.7. The molecule has 0 amide bonds. The fourth-order valence-corrected chi connectivity index (χ4v) is 4.77. The summed E-state index contributed by atoms with van der Waals surface area (Å²) in [6.07, 6.45) is 4.37. The van der Waals surface area contributed by atoms with E-state index < -0.39 is 0 Å². The Morgan fingerprint density at radius 3 is 2.89 bits per heavy atom. The van der Waals surface area contributed by atoms with Gasteiger partial charge in [0.25, 0.3) is 5.56 Å². The SMILES string of the molecule is Cc1cc2nc(CN3C[C@H]4CC[C@@H]3CN(Cc3ccccn3)C4)cc(=O)n2[nH]1. The third-order valence-electron chi connectivity index (χ3n) is 6.01. The van der Waals surface area contributed by atoms with Gasteiger partial charge in [0.15, 0.2) is 5.65 Å². The van der Waals surface area contributed by atoms with Gasteiger partial charge in [-0.15, -0.1) is 0 Å². The molecule has 0 saturated carbocycles. The zero-order chi connectivity index (χ0) is 19.1. The van der Waals surface area contributed by atoms with Gasteiger partial charge in [-0.2, -0.15) is 0 Å². The van der Waals surface area contributed by atoms with Crippen LogP contribution in [-0.2, 0) is 13.1 Å². The quantitative estimate of drug-likeness (QED) is 0.750. The number of fused-ring (bicyclic) bond motifs is 5. The topological polar surface area (TPSA) is 69.5 Å². The highest BCUT2D eigenvalue weighted by atomic mass is 16.1. The van der Waals surface area contributed by atoms with E-state index in [9.17, 15) is 4.79 Å². The van der Waals surface area contributed by atoms with Gasteiger partial charge in [-0.3, -0.25) is 24.7 Å². The summed E-state index contributed by atoms with van der Waals surface area (Å²) >= 11 is 0. The second-order valence-electron chi connectivity index (χ2n) is 8.26. The first kappa shape index (κ1) is 17.6. The second kappa shape index (κ2) is 7.14. The molecule has 0 aromatic carbocycles. The third-order valence-corrected chi connectivity index (χ3v) is 6.01. The molecule has 3 aromatic rings. The first-order chi connectivity index (χ1) is 13.6. The summed E-state index contributed by atoms with van der Waals surface area (Å²) in [6, 6.07) is 10.2. The van der Waals surface area contributed by atoms with Crippen LogP contribution in [-0.4, -0.2) is 55.1 Å². The van der Waals surface area contributed by atoms with Crippen LogP contribution in [0, 0.1) is 12.8 Å². The minimum Gasteiger partial charge on any atom is -0.296 e. The first-order valence-corrected chi connectivity index (χ1v) is 10.1. The number of pyridine rings is 1. The second-order valence-corrected chi connectivity index (χ2v) is 8.26. The monoisotopic (exact) mass is 378 g/mol. The van der Waals surface area contributed by atoms with E-state index in [1.807, 2.05) is 25.3 Å². The Balaban J connectivity index is 1.33. The predicted octanol–water partition coefficient (Wildman–Crippen LogP) is 1.82. The molecular weight excluding hydrogens is 352 g/mol. The maximum absolute atomic E-state index is 12.4. The molecule has 0 radical (unpaired) electrons. The molecule has 3 aliphatic rings. The molecule has 3 aromatic heterocycles. The Morgan fingerprint density at radius 2 is 2.04 bits per heavy atom. The average Bonchev–Trinajstić information content (AvgIpc) is 2.85. The molecule has 3 aliphatic heterocycles. The van der Waals surface area contributed by atoms with E-state index in [1.54, 1.807) is 6.07 Å². The molecule has 3 saturated heterocycles. The number of hydrogen-bond donors (Lipinski definition) is 1. The lowest BCUT2D eigenvalue weighted by Gasteiger charge is -2.35. The lowest BCUT2D eigenvalue weighted by atomic mass is 9.95. The summed E-state index contributed by atoms with van der Waals surface area (Å²) in [5.74, 6) is 0.668. The number of aromatic nitrogens is 4. The van der Waals surface area contributed by atoms with Gasteiger partial charge < -0.3 is 0 Å². The Labute approximate surface area is 164 Å². The molecule has 6 rings (SSSR count). The zero-order valence-electron chi connectivity index (χ0n) is 16.2. The first-order valence-electron chi connectivity index (χ1n) is 10.1. The van der Waals surface area contributed by atoms with Crippen molar-refractivity contribution in [3.05, 3.63) is 64.0 Å². The van der Waals surface area contributed by atoms with Gasteiger partial charge in [-0.1, -0.05) is 6.07 Å². The molecule has 3 fully saturated rings. The molecular formula is C21H26N6O. The summed E-state index contributed by atoms with van der Waals surface area (Å²) in [5, 5.41) is 3.04. The van der Waals surface area contributed by atoms with Crippen molar-refractivity contribution in [1.82, 2.24) is 29.4 Å². The molecule has 7 nitrogen and oxygen atoms in total. The van der Waals surface area contributed by atoms with Crippen LogP contribution in [0.1, 0.15) is 29.9 Å². The van der Waals surface area contributed by atoms with E-state index in [2.05, 4.69) is 32.0 Å². The number of piperidine rings is 1. The van der Waals surface area contributed by atoms with Gasteiger partial charge in [-0.25, -0.2) is 9.50 Å². The van der Waals surface area contributed by atoms with Crippen molar-refractivity contribution < 1.29 is 0 Å². The van der Waals surface area contributed by atoms with Crippen molar-refractivity contribution in [2.24, 2.45) is 5.92 Å². The van der Waals surface area contributed by atoms with Crippen molar-refractivity contribution in [1.29, 1.82) is 0 Å². The molecule has 0 spiro atoms. The number of rotatable bonds is 4. The minimum atomic E-state index is -0.0372. The zero-order valence-corrected chi connectivity index (χ0v) is 16.2. The Bertz CT molecular complexity index is 1030. The molecule has 0 aliphatic carbocycles. The number of H-pyrrole nitrogens is 1. The fraction of sp³-hybridized carbons (Fsp3) is 0.476. The summed E-state index contributed by atoms with van der Waals surface area (Å²) in [5.41, 5.74) is 3.62. The number of aromatic amines is 1. The normalized spacial score (nSPS) is 23.3. The number of hydrogen-bond acceptors (Lipinski definition) is 5. The van der Waals surface area contributed by atoms with Crippen LogP contribution in [0.15, 0.2) is 41.3 Å². The van der Waals surface area contributed by atoms with Crippen molar-refractivity contribution in [2.45, 2.75) is 38.9 Å². The largest absolute Gasteiger partial charge is 0.296 e. The van der Waals surface area contributed by atoms with Crippen molar-refractivity contribution in [2.75, 3.05) is 19.6 Å². The molecule has 28 heavy (non-hydrogen) atoms. The van der Waals surface area contributed by atoms with Crippen LogP contribution >= 0.6 is 0 Å². The number of nitrogens with one attached hydrogen (secondary N) is 1. The minimum absolute atomic E-state index is 0.0372. The summed E-state index contributed by atoms with van der Waals surface area (Å²) in [6.45, 7) is 6.85. The van der Waals surface area contributed by atoms with Crippen LogP contribution in [0.25, 0.3) is 5.65 Å². The maximum atomic E-state index is 12.4. The molecule has 2 bridgehead atoms. The van der Waals surface area contributed by atoms with Crippen molar-refractivity contribution in [3.63, 3.8) is 0 Å². The smallest absolute Gasteiger partial charge is 0.272 e. The molecule has 6 heterocycles. The molecule has 7 heteroatoms. The van der Waals surface area contributed by atoms with Crippen molar-refractivity contribution >= 4 is 5.65 Å². The highest BCUT2D eigenvalue weighted by Gasteiger charge is 2.35. The Kier molecular flexibility index (Phi) is 4.49. The van der Waals surface area contributed by atoms with Crippen LogP contribution < -0.4 is 5.56 Å². The molecule has 1 N–H and O–H groups in total. The van der Waals surface area contributed by atoms with E-state index in [0.29, 0.717) is 17.6 Å². The standard InChI is InChI=1S/C21H26N6O/c1-15-8-20-23-18(9-21(28)27(20)24-15)13-26-11-16-5-6-19(26)14-25(10-16)12-17-4-2-3-7-22-17/h2-4,7-9,16,19,24H,5-6,10-14H2,1H3/t16-,19+/m0/s1. The van der Waals surface area contributed by atoms with E-state index in [0.717, 1.165) is 49.8 Å². The van der Waals surface area contributed by atoms with Crippen LogP contribution in [0.2, 0.25) is 0 Å². The molecule has 146 valence electrons. The van der Waals surface area contributed by atoms with Gasteiger partial charge in [0.2, 0.25) is 0 Å². The van der Waals surface area contributed by atoms with E-state index >= 15 is 0 Å². The van der Waals surface area contributed by atoms with Crippen LogP contribution in [0.4, 0.5) is 0 Å². The van der Waals surface area contributed by atoms with E-state index in [-0.39, 0.29) is 5.56 Å². The van der Waals surface area contributed by atoms with Gasteiger partial charge in [0.05, 0.1) is 11.4 Å². The summed E-state index contributed by atoms with van der Waals surface area (Å²) < 4.78 is 1.52. The highest BCUT2D eigenvalue weighted by Crippen LogP contribution is 2.29. The predicted molar refractivity (Wildman–Crippen MR) is 107 cm³/mol. The van der Waals surface area contributed by atoms with Gasteiger partial charge in [0.1, 0.15) is 0 Å². The number of nitrogens with zero attached hydrogens (tertiary/aromatic N) is 5.